The summed E-state index contributed by atoms with van der Waals surface area (Å²) in [5, 5.41) is 4.99. The zero-order valence-electron chi connectivity index (χ0n) is 12.3. The summed E-state index contributed by atoms with van der Waals surface area (Å²) in [5.74, 6) is 0.351. The van der Waals surface area contributed by atoms with Crippen LogP contribution in [0.5, 0.6) is 0 Å². The lowest BCUT2D eigenvalue weighted by Crippen LogP contribution is -2.29. The van der Waals surface area contributed by atoms with E-state index >= 15 is 0 Å². The van der Waals surface area contributed by atoms with Crippen LogP contribution in [0.15, 0.2) is 42.7 Å². The number of rotatable bonds is 6. The number of benzene rings is 1. The van der Waals surface area contributed by atoms with Gasteiger partial charge in [-0.25, -0.2) is 0 Å². The molecule has 0 fully saturated rings. The second-order valence-corrected chi connectivity index (χ2v) is 6.33. The Morgan fingerprint density at radius 1 is 1.10 bits per heavy atom. The van der Waals surface area contributed by atoms with E-state index in [9.17, 15) is 0 Å². The largest absolute Gasteiger partial charge is 0.314 e. The van der Waals surface area contributed by atoms with Gasteiger partial charge in [0.05, 0.1) is 5.02 Å². The molecule has 0 aliphatic heterocycles. The fourth-order valence-corrected chi connectivity index (χ4v) is 2.58. The van der Waals surface area contributed by atoms with E-state index in [1.54, 1.807) is 12.4 Å². The topological polar surface area (TPSA) is 24.9 Å². The highest BCUT2D eigenvalue weighted by Crippen LogP contribution is 2.25. The van der Waals surface area contributed by atoms with Crippen molar-refractivity contribution in [2.45, 2.75) is 32.2 Å². The van der Waals surface area contributed by atoms with Gasteiger partial charge in [-0.1, -0.05) is 49.2 Å². The molecular formula is C17H20Cl2N2. The quantitative estimate of drug-likeness (QED) is 0.832. The molecular weight excluding hydrogens is 303 g/mol. The molecule has 0 radical (unpaired) electrons. The van der Waals surface area contributed by atoms with Crippen molar-refractivity contribution in [3.63, 3.8) is 0 Å². The monoisotopic (exact) mass is 322 g/mol. The van der Waals surface area contributed by atoms with Crippen LogP contribution < -0.4 is 5.32 Å². The van der Waals surface area contributed by atoms with Crippen LogP contribution in [0.25, 0.3) is 0 Å². The molecule has 1 atom stereocenters. The van der Waals surface area contributed by atoms with Gasteiger partial charge in [-0.05, 0) is 35.7 Å². The molecule has 0 amide bonds. The van der Waals surface area contributed by atoms with Crippen molar-refractivity contribution in [3.05, 3.63) is 63.9 Å². The summed E-state index contributed by atoms with van der Waals surface area (Å²) in [6, 6.07) is 10.5. The van der Waals surface area contributed by atoms with Crippen LogP contribution in [0.2, 0.25) is 10.0 Å². The zero-order chi connectivity index (χ0) is 15.2. The number of nitrogens with zero attached hydrogens (tertiary/aromatic N) is 1. The van der Waals surface area contributed by atoms with E-state index < -0.39 is 0 Å². The van der Waals surface area contributed by atoms with Crippen molar-refractivity contribution in [2.75, 3.05) is 6.54 Å². The maximum atomic E-state index is 6.24. The summed E-state index contributed by atoms with van der Waals surface area (Å²) in [5.41, 5.74) is 2.39. The standard InChI is InChI=1S/C17H20Cl2N2/c1-12(2)21-10-15(13-3-5-16(18)6-4-13)9-14-7-8-20-11-17(14)19/h3-8,11-12,15,21H,9-10H2,1-2H3. The number of halogens is 2. The summed E-state index contributed by atoms with van der Waals surface area (Å²) < 4.78 is 0. The molecule has 21 heavy (non-hydrogen) atoms. The zero-order valence-corrected chi connectivity index (χ0v) is 13.8. The molecule has 0 bridgehead atoms. The lowest BCUT2D eigenvalue weighted by atomic mass is 9.92. The lowest BCUT2D eigenvalue weighted by Gasteiger charge is -2.20. The van der Waals surface area contributed by atoms with Crippen molar-refractivity contribution in [1.29, 1.82) is 0 Å². The predicted octanol–water partition coefficient (Wildman–Crippen LogP) is 4.71. The first kappa shape index (κ1) is 16.3. The van der Waals surface area contributed by atoms with Gasteiger partial charge in [0, 0.05) is 35.9 Å². The highest BCUT2D eigenvalue weighted by molar-refractivity contribution is 6.31. The highest BCUT2D eigenvalue weighted by Gasteiger charge is 2.14. The van der Waals surface area contributed by atoms with Crippen molar-refractivity contribution >= 4 is 23.2 Å². The van der Waals surface area contributed by atoms with Crippen LogP contribution in [0.1, 0.15) is 30.9 Å². The molecule has 1 aromatic heterocycles. The minimum atomic E-state index is 0.351. The van der Waals surface area contributed by atoms with E-state index in [2.05, 4.69) is 36.3 Å². The van der Waals surface area contributed by atoms with Crippen LogP contribution in [-0.4, -0.2) is 17.6 Å². The second kappa shape index (κ2) is 7.79. The van der Waals surface area contributed by atoms with E-state index in [1.165, 1.54) is 5.56 Å². The Hall–Kier alpha value is -1.09. The normalized spacial score (nSPS) is 12.6. The molecule has 0 saturated heterocycles. The summed E-state index contributed by atoms with van der Waals surface area (Å²) in [6.07, 6.45) is 4.37. The molecule has 0 aliphatic rings. The fraction of sp³-hybridized carbons (Fsp3) is 0.353. The Morgan fingerprint density at radius 2 is 1.81 bits per heavy atom. The first-order valence-corrected chi connectivity index (χ1v) is 7.89. The third-order valence-electron chi connectivity index (χ3n) is 3.44. The number of hydrogen-bond donors (Lipinski definition) is 1. The van der Waals surface area contributed by atoms with E-state index in [1.807, 2.05) is 18.2 Å². The van der Waals surface area contributed by atoms with Gasteiger partial charge in [-0.2, -0.15) is 0 Å². The SMILES string of the molecule is CC(C)NCC(Cc1ccncc1Cl)c1ccc(Cl)cc1. The molecule has 0 aliphatic carbocycles. The first-order valence-electron chi connectivity index (χ1n) is 7.13. The Balaban J connectivity index is 2.19. The van der Waals surface area contributed by atoms with Crippen molar-refractivity contribution < 1.29 is 0 Å². The van der Waals surface area contributed by atoms with Gasteiger partial charge in [0.25, 0.3) is 0 Å². The molecule has 2 aromatic rings. The van der Waals surface area contributed by atoms with Crippen LogP contribution in [0.4, 0.5) is 0 Å². The van der Waals surface area contributed by atoms with Gasteiger partial charge in [0.2, 0.25) is 0 Å². The third kappa shape index (κ3) is 4.99. The van der Waals surface area contributed by atoms with Gasteiger partial charge in [0.1, 0.15) is 0 Å². The summed E-state index contributed by atoms with van der Waals surface area (Å²) >= 11 is 12.2. The Labute approximate surface area is 136 Å². The number of nitrogens with one attached hydrogen (secondary N) is 1. The van der Waals surface area contributed by atoms with Crippen LogP contribution in [0.3, 0.4) is 0 Å². The van der Waals surface area contributed by atoms with Crippen molar-refractivity contribution in [3.8, 4) is 0 Å². The van der Waals surface area contributed by atoms with Crippen LogP contribution >= 0.6 is 23.2 Å². The van der Waals surface area contributed by atoms with Gasteiger partial charge in [-0.3, -0.25) is 4.98 Å². The summed E-state index contributed by atoms with van der Waals surface area (Å²) in [7, 11) is 0. The number of aromatic nitrogens is 1. The molecule has 1 aromatic carbocycles. The minimum Gasteiger partial charge on any atom is -0.314 e. The molecule has 2 rings (SSSR count). The van der Waals surface area contributed by atoms with Gasteiger partial charge in [-0.15, -0.1) is 0 Å². The maximum absolute atomic E-state index is 6.24. The van der Waals surface area contributed by atoms with E-state index in [4.69, 9.17) is 23.2 Å². The fourth-order valence-electron chi connectivity index (χ4n) is 2.26. The first-order chi connectivity index (χ1) is 10.1. The highest BCUT2D eigenvalue weighted by atomic mass is 35.5. The molecule has 4 heteroatoms. The number of hydrogen-bond acceptors (Lipinski definition) is 2. The lowest BCUT2D eigenvalue weighted by molar-refractivity contribution is 0.527. The Kier molecular flexibility index (Phi) is 6.04. The molecule has 112 valence electrons. The van der Waals surface area contributed by atoms with Crippen LogP contribution in [0, 0.1) is 0 Å². The van der Waals surface area contributed by atoms with Gasteiger partial charge in [0.15, 0.2) is 0 Å². The average molecular weight is 323 g/mol. The molecule has 1 heterocycles. The maximum Gasteiger partial charge on any atom is 0.0621 e. The summed E-state index contributed by atoms with van der Waals surface area (Å²) in [6.45, 7) is 5.20. The predicted molar refractivity (Wildman–Crippen MR) is 90.3 cm³/mol. The second-order valence-electron chi connectivity index (χ2n) is 5.48. The average Bonchev–Trinajstić information content (AvgIpc) is 2.46. The Bertz CT molecular complexity index is 567. The van der Waals surface area contributed by atoms with E-state index in [0.29, 0.717) is 12.0 Å². The molecule has 0 saturated carbocycles. The molecule has 0 spiro atoms. The van der Waals surface area contributed by atoms with Gasteiger partial charge < -0.3 is 5.32 Å². The summed E-state index contributed by atoms with van der Waals surface area (Å²) in [4.78, 5) is 4.05. The molecule has 1 unspecified atom stereocenters. The number of pyridine rings is 1. The minimum absolute atomic E-state index is 0.351. The van der Waals surface area contributed by atoms with Crippen molar-refractivity contribution in [1.82, 2.24) is 10.3 Å². The van der Waals surface area contributed by atoms with E-state index in [-0.39, 0.29) is 0 Å². The van der Waals surface area contributed by atoms with E-state index in [0.717, 1.165) is 28.6 Å². The van der Waals surface area contributed by atoms with Crippen molar-refractivity contribution in [2.24, 2.45) is 0 Å². The molecule has 1 N–H and O–H groups in total. The van der Waals surface area contributed by atoms with Gasteiger partial charge >= 0.3 is 0 Å². The van der Waals surface area contributed by atoms with Crippen LogP contribution in [-0.2, 0) is 6.42 Å². The third-order valence-corrected chi connectivity index (χ3v) is 4.03. The smallest absolute Gasteiger partial charge is 0.0621 e. The molecule has 2 nitrogen and oxygen atoms in total. The Morgan fingerprint density at radius 3 is 2.43 bits per heavy atom.